The molecule has 3 N–H and O–H groups in total. The van der Waals surface area contributed by atoms with Crippen molar-refractivity contribution in [2.45, 2.75) is 0 Å². The molecule has 0 saturated carbocycles. The Morgan fingerprint density at radius 2 is 2.05 bits per heavy atom. The monoisotopic (exact) mass is 355 g/mol. The average Bonchev–Trinajstić information content (AvgIpc) is 2.85. The van der Waals surface area contributed by atoms with Crippen LogP contribution in [0.15, 0.2) is 29.1 Å². The summed E-state index contributed by atoms with van der Waals surface area (Å²) in [5.74, 6) is -1.35. The second kappa shape index (κ2) is 5.28. The quantitative estimate of drug-likeness (QED) is 0.735. The fraction of sp³-hybridized carbons (Fsp3) is 0. The summed E-state index contributed by atoms with van der Waals surface area (Å²) in [6.07, 6.45) is 0. The maximum atomic E-state index is 12.3. The van der Waals surface area contributed by atoms with Crippen molar-refractivity contribution in [1.82, 2.24) is 9.55 Å². The van der Waals surface area contributed by atoms with Gasteiger partial charge in [-0.05, 0) is 24.3 Å². The molecule has 2 heterocycles. The largest absolute Gasteiger partial charge is 0.477 e. The van der Waals surface area contributed by atoms with E-state index in [4.69, 9.17) is 34.0 Å². The molecule has 112 valence electrons. The third-order valence-electron chi connectivity index (χ3n) is 2.94. The number of carbonyl (C=O) groups is 1. The van der Waals surface area contributed by atoms with E-state index in [9.17, 15) is 9.59 Å². The standard InChI is InChI=1S/C13H7Cl2N3O3S/c14-5-1-2-7(6(15)3-5)18-8-4-9(13(20)21)22-11(8)17-10(16)12(18)19/h1-4H,(H2,16,17)(H,20,21). The molecule has 22 heavy (non-hydrogen) atoms. The first-order chi connectivity index (χ1) is 10.4. The van der Waals surface area contributed by atoms with Gasteiger partial charge in [0.1, 0.15) is 9.71 Å². The number of anilines is 1. The SMILES string of the molecule is Nc1nc2sc(C(=O)O)cc2n(-c2ccc(Cl)cc2Cl)c1=O. The molecule has 0 unspecified atom stereocenters. The molecule has 0 spiro atoms. The maximum absolute atomic E-state index is 12.3. The van der Waals surface area contributed by atoms with E-state index in [1.165, 1.54) is 16.7 Å². The topological polar surface area (TPSA) is 98.2 Å². The molecule has 3 aromatic rings. The second-order valence-electron chi connectivity index (χ2n) is 4.34. The van der Waals surface area contributed by atoms with Crippen molar-refractivity contribution in [3.63, 3.8) is 0 Å². The fourth-order valence-electron chi connectivity index (χ4n) is 2.00. The Bertz CT molecular complexity index is 981. The first-order valence-electron chi connectivity index (χ1n) is 5.89. The van der Waals surface area contributed by atoms with Crippen LogP contribution >= 0.6 is 34.5 Å². The molecule has 9 heteroatoms. The third kappa shape index (κ3) is 2.33. The van der Waals surface area contributed by atoms with Gasteiger partial charge in [-0.15, -0.1) is 11.3 Å². The number of halogens is 2. The van der Waals surface area contributed by atoms with Crippen molar-refractivity contribution in [3.8, 4) is 5.69 Å². The Balaban J connectivity index is 2.43. The molecular weight excluding hydrogens is 349 g/mol. The molecular formula is C13H7Cl2N3O3S. The van der Waals surface area contributed by atoms with Gasteiger partial charge in [0, 0.05) is 5.02 Å². The Morgan fingerprint density at radius 1 is 1.32 bits per heavy atom. The van der Waals surface area contributed by atoms with E-state index in [1.807, 2.05) is 0 Å². The minimum Gasteiger partial charge on any atom is -0.477 e. The number of aromatic carboxylic acids is 1. The number of nitrogen functional groups attached to an aromatic ring is 1. The van der Waals surface area contributed by atoms with Crippen molar-refractivity contribution in [1.29, 1.82) is 0 Å². The highest BCUT2D eigenvalue weighted by Gasteiger charge is 2.18. The van der Waals surface area contributed by atoms with Crippen LogP contribution in [0.1, 0.15) is 9.67 Å². The summed E-state index contributed by atoms with van der Waals surface area (Å²) in [5.41, 5.74) is 5.73. The van der Waals surface area contributed by atoms with E-state index in [0.717, 1.165) is 11.3 Å². The van der Waals surface area contributed by atoms with E-state index >= 15 is 0 Å². The Hall–Kier alpha value is -2.09. The van der Waals surface area contributed by atoms with Gasteiger partial charge in [-0.3, -0.25) is 9.36 Å². The number of hydrogen-bond acceptors (Lipinski definition) is 5. The first-order valence-corrected chi connectivity index (χ1v) is 7.46. The lowest BCUT2D eigenvalue weighted by Gasteiger charge is -2.10. The number of carboxylic acid groups (broad SMARTS) is 1. The van der Waals surface area contributed by atoms with Crippen LogP contribution in [0.3, 0.4) is 0 Å². The van der Waals surface area contributed by atoms with Crippen LogP contribution in [0, 0.1) is 0 Å². The molecule has 0 saturated heterocycles. The predicted octanol–water partition coefficient (Wildman–Crippen LogP) is 3.03. The van der Waals surface area contributed by atoms with Crippen molar-refractivity contribution in [2.24, 2.45) is 0 Å². The summed E-state index contributed by atoms with van der Waals surface area (Å²) < 4.78 is 1.24. The Morgan fingerprint density at radius 3 is 2.68 bits per heavy atom. The number of nitrogens with zero attached hydrogens (tertiary/aromatic N) is 2. The van der Waals surface area contributed by atoms with E-state index in [0.29, 0.717) is 21.1 Å². The van der Waals surface area contributed by atoms with Crippen LogP contribution in [-0.4, -0.2) is 20.6 Å². The number of rotatable bonds is 2. The van der Waals surface area contributed by atoms with Crippen LogP contribution in [0.5, 0.6) is 0 Å². The average molecular weight is 356 g/mol. The summed E-state index contributed by atoms with van der Waals surface area (Å²) >= 11 is 12.9. The van der Waals surface area contributed by atoms with Crippen molar-refractivity contribution in [2.75, 3.05) is 5.73 Å². The minimum absolute atomic E-state index is 0.0475. The minimum atomic E-state index is -1.11. The highest BCUT2D eigenvalue weighted by molar-refractivity contribution is 7.20. The van der Waals surface area contributed by atoms with Gasteiger partial charge in [0.25, 0.3) is 5.56 Å². The Labute approximate surface area is 137 Å². The highest BCUT2D eigenvalue weighted by atomic mass is 35.5. The van der Waals surface area contributed by atoms with Gasteiger partial charge in [-0.2, -0.15) is 0 Å². The number of nitrogens with two attached hydrogens (primary N) is 1. The summed E-state index contributed by atoms with van der Waals surface area (Å²) in [5, 5.41) is 9.75. The van der Waals surface area contributed by atoms with Crippen LogP contribution in [0.2, 0.25) is 10.0 Å². The smallest absolute Gasteiger partial charge is 0.346 e. The summed E-state index contributed by atoms with van der Waals surface area (Å²) in [6.45, 7) is 0. The first kappa shape index (κ1) is 14.8. The predicted molar refractivity (Wildman–Crippen MR) is 86.6 cm³/mol. The number of benzene rings is 1. The Kier molecular flexibility index (Phi) is 3.56. The number of hydrogen-bond donors (Lipinski definition) is 2. The zero-order chi connectivity index (χ0) is 16.0. The van der Waals surface area contributed by atoms with E-state index in [-0.39, 0.29) is 15.7 Å². The molecule has 0 aliphatic carbocycles. The molecule has 0 aliphatic rings. The fourth-order valence-corrected chi connectivity index (χ4v) is 3.36. The molecule has 0 aliphatic heterocycles. The van der Waals surface area contributed by atoms with Crippen molar-refractivity contribution in [3.05, 3.63) is 49.5 Å². The number of fused-ring (bicyclic) bond motifs is 1. The zero-order valence-corrected chi connectivity index (χ0v) is 13.0. The lowest BCUT2D eigenvalue weighted by Crippen LogP contribution is -2.23. The van der Waals surface area contributed by atoms with Gasteiger partial charge in [0.2, 0.25) is 0 Å². The number of aromatic nitrogens is 2. The van der Waals surface area contributed by atoms with Crippen LogP contribution in [0.4, 0.5) is 5.82 Å². The van der Waals surface area contributed by atoms with Gasteiger partial charge >= 0.3 is 5.97 Å². The lowest BCUT2D eigenvalue weighted by molar-refractivity contribution is 0.0702. The zero-order valence-electron chi connectivity index (χ0n) is 10.7. The molecule has 2 aromatic heterocycles. The summed E-state index contributed by atoms with van der Waals surface area (Å²) in [6, 6.07) is 5.98. The molecule has 3 rings (SSSR count). The molecule has 0 atom stereocenters. The van der Waals surface area contributed by atoms with Crippen LogP contribution in [0.25, 0.3) is 16.0 Å². The molecule has 6 nitrogen and oxygen atoms in total. The lowest BCUT2D eigenvalue weighted by atomic mass is 10.3. The number of carboxylic acids is 1. The third-order valence-corrected chi connectivity index (χ3v) is 4.48. The molecule has 0 fully saturated rings. The maximum Gasteiger partial charge on any atom is 0.346 e. The summed E-state index contributed by atoms with van der Waals surface area (Å²) in [7, 11) is 0. The van der Waals surface area contributed by atoms with Gasteiger partial charge in [-0.25, -0.2) is 9.78 Å². The van der Waals surface area contributed by atoms with E-state index in [1.54, 1.807) is 12.1 Å². The van der Waals surface area contributed by atoms with Crippen LogP contribution in [-0.2, 0) is 0 Å². The van der Waals surface area contributed by atoms with E-state index in [2.05, 4.69) is 4.98 Å². The summed E-state index contributed by atoms with van der Waals surface area (Å²) in [4.78, 5) is 27.8. The van der Waals surface area contributed by atoms with Crippen molar-refractivity contribution < 1.29 is 9.90 Å². The highest BCUT2D eigenvalue weighted by Crippen LogP contribution is 2.29. The van der Waals surface area contributed by atoms with Crippen molar-refractivity contribution >= 4 is 56.7 Å². The van der Waals surface area contributed by atoms with Gasteiger partial charge in [0.05, 0.1) is 16.2 Å². The normalized spacial score (nSPS) is 11.0. The van der Waals surface area contributed by atoms with Gasteiger partial charge in [-0.1, -0.05) is 23.2 Å². The molecule has 0 bridgehead atoms. The molecule has 0 radical (unpaired) electrons. The number of thiophene rings is 1. The molecule has 1 aromatic carbocycles. The second-order valence-corrected chi connectivity index (χ2v) is 6.21. The van der Waals surface area contributed by atoms with E-state index < -0.39 is 11.5 Å². The van der Waals surface area contributed by atoms with Gasteiger partial charge in [0.15, 0.2) is 5.82 Å². The van der Waals surface area contributed by atoms with Gasteiger partial charge < -0.3 is 10.8 Å². The van der Waals surface area contributed by atoms with Crippen LogP contribution < -0.4 is 11.3 Å². The molecule has 0 amide bonds.